The van der Waals surface area contributed by atoms with Gasteiger partial charge in [0.05, 0.1) is 11.4 Å². The van der Waals surface area contributed by atoms with Crippen molar-refractivity contribution in [3.05, 3.63) is 69.6 Å². The lowest BCUT2D eigenvalue weighted by Crippen LogP contribution is -2.14. The molecule has 1 aromatic heterocycles. The lowest BCUT2D eigenvalue weighted by atomic mass is 10.1. The van der Waals surface area contributed by atoms with E-state index in [0.29, 0.717) is 11.6 Å². The molecule has 0 saturated heterocycles. The number of aryl methyl sites for hydroxylation is 2. The third-order valence-corrected chi connectivity index (χ3v) is 5.21. The molecule has 0 N–H and O–H groups in total. The third kappa shape index (κ3) is 2.82. The SMILES string of the molecule is Cc1ccc(N=c2scc(-c3ccccc3F)n2C2CC2)c(C)c1. The average molecular weight is 338 g/mol. The van der Waals surface area contributed by atoms with E-state index in [1.165, 1.54) is 11.6 Å². The Morgan fingerprint density at radius 1 is 1.12 bits per heavy atom. The fraction of sp³-hybridized carbons (Fsp3) is 0.250. The Morgan fingerprint density at radius 3 is 2.62 bits per heavy atom. The van der Waals surface area contributed by atoms with Gasteiger partial charge < -0.3 is 4.57 Å². The first kappa shape index (κ1) is 15.3. The van der Waals surface area contributed by atoms with Crippen molar-refractivity contribution in [2.75, 3.05) is 0 Å². The number of rotatable bonds is 3. The van der Waals surface area contributed by atoms with Crippen molar-refractivity contribution in [1.29, 1.82) is 0 Å². The van der Waals surface area contributed by atoms with Crippen molar-refractivity contribution < 1.29 is 4.39 Å². The summed E-state index contributed by atoms with van der Waals surface area (Å²) < 4.78 is 16.5. The fourth-order valence-electron chi connectivity index (χ4n) is 2.99. The molecule has 0 bridgehead atoms. The Bertz CT molecular complexity index is 964. The van der Waals surface area contributed by atoms with Crippen molar-refractivity contribution in [2.45, 2.75) is 32.7 Å². The summed E-state index contributed by atoms with van der Waals surface area (Å²) in [6.45, 7) is 4.17. The molecular weight excluding hydrogens is 319 g/mol. The van der Waals surface area contributed by atoms with Crippen LogP contribution in [0.1, 0.15) is 30.0 Å². The molecule has 1 aliphatic carbocycles. The van der Waals surface area contributed by atoms with Gasteiger partial charge in [0.15, 0.2) is 4.80 Å². The van der Waals surface area contributed by atoms with Gasteiger partial charge in [-0.2, -0.15) is 0 Å². The molecule has 0 amide bonds. The standard InChI is InChI=1S/C20H19FN2S/c1-13-7-10-18(14(2)11-13)22-20-23(15-8-9-15)19(12-24-20)16-5-3-4-6-17(16)21/h3-7,10-12,15H,8-9H2,1-2H3. The first-order valence-electron chi connectivity index (χ1n) is 8.20. The zero-order valence-corrected chi connectivity index (χ0v) is 14.6. The Labute approximate surface area is 144 Å². The van der Waals surface area contributed by atoms with Crippen LogP contribution in [0.25, 0.3) is 11.3 Å². The minimum Gasteiger partial charge on any atom is -0.313 e. The summed E-state index contributed by atoms with van der Waals surface area (Å²) >= 11 is 1.59. The van der Waals surface area contributed by atoms with Crippen molar-refractivity contribution >= 4 is 17.0 Å². The molecule has 1 heterocycles. The summed E-state index contributed by atoms with van der Waals surface area (Å²) in [4.78, 5) is 5.82. The number of thiazole rings is 1. The molecule has 0 radical (unpaired) electrons. The summed E-state index contributed by atoms with van der Waals surface area (Å²) in [5, 5.41) is 2.03. The topological polar surface area (TPSA) is 17.3 Å². The highest BCUT2D eigenvalue weighted by atomic mass is 32.1. The van der Waals surface area contributed by atoms with Crippen LogP contribution in [0.4, 0.5) is 10.1 Å². The maximum absolute atomic E-state index is 14.2. The van der Waals surface area contributed by atoms with E-state index in [0.717, 1.165) is 34.6 Å². The van der Waals surface area contributed by atoms with Gasteiger partial charge in [-0.1, -0.05) is 29.8 Å². The third-order valence-electron chi connectivity index (χ3n) is 4.37. The van der Waals surface area contributed by atoms with Crippen LogP contribution >= 0.6 is 11.3 Å². The molecular formula is C20H19FN2S. The summed E-state index contributed by atoms with van der Waals surface area (Å²) in [6.07, 6.45) is 2.27. The molecule has 1 saturated carbocycles. The van der Waals surface area contributed by atoms with Crippen molar-refractivity contribution in [3.63, 3.8) is 0 Å². The smallest absolute Gasteiger partial charge is 0.190 e. The first-order valence-corrected chi connectivity index (χ1v) is 9.08. The lowest BCUT2D eigenvalue weighted by molar-refractivity contribution is 0.626. The van der Waals surface area contributed by atoms with Crippen LogP contribution in [0, 0.1) is 19.7 Å². The summed E-state index contributed by atoms with van der Waals surface area (Å²) in [7, 11) is 0. The monoisotopic (exact) mass is 338 g/mol. The Hall–Kier alpha value is -2.20. The number of hydrogen-bond donors (Lipinski definition) is 0. The number of nitrogens with zero attached hydrogens (tertiary/aromatic N) is 2. The van der Waals surface area contributed by atoms with Crippen molar-refractivity contribution in [2.24, 2.45) is 4.99 Å². The Balaban J connectivity index is 1.89. The number of benzene rings is 2. The zero-order valence-electron chi connectivity index (χ0n) is 13.8. The largest absolute Gasteiger partial charge is 0.313 e. The predicted molar refractivity (Wildman–Crippen MR) is 97.1 cm³/mol. The maximum Gasteiger partial charge on any atom is 0.190 e. The van der Waals surface area contributed by atoms with Gasteiger partial charge in [-0.3, -0.25) is 0 Å². The van der Waals surface area contributed by atoms with Gasteiger partial charge in [0, 0.05) is 17.0 Å². The predicted octanol–water partition coefficient (Wildman–Crippen LogP) is 5.54. The van der Waals surface area contributed by atoms with Gasteiger partial charge in [-0.15, -0.1) is 11.3 Å². The van der Waals surface area contributed by atoms with E-state index < -0.39 is 0 Å². The molecule has 2 aromatic carbocycles. The average Bonchev–Trinajstić information content (AvgIpc) is 3.31. The van der Waals surface area contributed by atoms with Crippen molar-refractivity contribution in [1.82, 2.24) is 4.57 Å². The molecule has 3 aromatic rings. The second-order valence-electron chi connectivity index (χ2n) is 6.39. The molecule has 4 heteroatoms. The molecule has 122 valence electrons. The number of halogens is 1. The van der Waals surface area contributed by atoms with Gasteiger partial charge in [0.1, 0.15) is 5.82 Å². The minimum absolute atomic E-state index is 0.178. The molecule has 4 rings (SSSR count). The molecule has 1 aliphatic rings. The quantitative estimate of drug-likeness (QED) is 0.596. The maximum atomic E-state index is 14.2. The highest BCUT2D eigenvalue weighted by molar-refractivity contribution is 7.07. The normalized spacial score (nSPS) is 15.0. The zero-order chi connectivity index (χ0) is 16.7. The van der Waals surface area contributed by atoms with Crippen molar-refractivity contribution in [3.8, 4) is 11.3 Å². The van der Waals surface area contributed by atoms with Crippen LogP contribution in [0.5, 0.6) is 0 Å². The second-order valence-corrected chi connectivity index (χ2v) is 7.22. The van der Waals surface area contributed by atoms with Crippen LogP contribution < -0.4 is 4.80 Å². The first-order chi connectivity index (χ1) is 11.6. The van der Waals surface area contributed by atoms with Crippen LogP contribution in [-0.2, 0) is 0 Å². The minimum atomic E-state index is -0.178. The summed E-state index contributed by atoms with van der Waals surface area (Å²) in [6, 6.07) is 13.7. The van der Waals surface area contributed by atoms with Gasteiger partial charge >= 0.3 is 0 Å². The van der Waals surface area contributed by atoms with E-state index in [9.17, 15) is 4.39 Å². The second kappa shape index (κ2) is 6.02. The highest BCUT2D eigenvalue weighted by Gasteiger charge is 2.28. The molecule has 1 fully saturated rings. The van der Waals surface area contributed by atoms with E-state index in [1.54, 1.807) is 17.4 Å². The highest BCUT2D eigenvalue weighted by Crippen LogP contribution is 2.38. The van der Waals surface area contributed by atoms with Gasteiger partial charge in [-0.25, -0.2) is 9.38 Å². The van der Waals surface area contributed by atoms with E-state index in [1.807, 2.05) is 17.5 Å². The fourth-order valence-corrected chi connectivity index (χ4v) is 3.96. The van der Waals surface area contributed by atoms with Gasteiger partial charge in [0.25, 0.3) is 0 Å². The van der Waals surface area contributed by atoms with E-state index in [2.05, 4.69) is 36.6 Å². The summed E-state index contributed by atoms with van der Waals surface area (Å²) in [5.41, 5.74) is 4.97. The number of hydrogen-bond acceptors (Lipinski definition) is 2. The Morgan fingerprint density at radius 2 is 1.92 bits per heavy atom. The molecule has 0 unspecified atom stereocenters. The molecule has 24 heavy (non-hydrogen) atoms. The molecule has 0 atom stereocenters. The van der Waals surface area contributed by atoms with E-state index >= 15 is 0 Å². The van der Waals surface area contributed by atoms with E-state index in [4.69, 9.17) is 4.99 Å². The van der Waals surface area contributed by atoms with Crippen LogP contribution in [-0.4, -0.2) is 4.57 Å². The Kier molecular flexibility index (Phi) is 3.85. The molecule has 2 nitrogen and oxygen atoms in total. The summed E-state index contributed by atoms with van der Waals surface area (Å²) in [5.74, 6) is -0.178. The van der Waals surface area contributed by atoms with Crippen LogP contribution in [0.15, 0.2) is 52.8 Å². The van der Waals surface area contributed by atoms with E-state index in [-0.39, 0.29) is 5.82 Å². The molecule has 0 aliphatic heterocycles. The number of aromatic nitrogens is 1. The van der Waals surface area contributed by atoms with Gasteiger partial charge in [0.2, 0.25) is 0 Å². The lowest BCUT2D eigenvalue weighted by Gasteiger charge is -2.09. The molecule has 0 spiro atoms. The van der Waals surface area contributed by atoms with Crippen LogP contribution in [0.3, 0.4) is 0 Å². The van der Waals surface area contributed by atoms with Gasteiger partial charge in [-0.05, 0) is 50.5 Å². The van der Waals surface area contributed by atoms with Crippen LogP contribution in [0.2, 0.25) is 0 Å².